The van der Waals surface area contributed by atoms with Crippen molar-refractivity contribution in [3.8, 4) is 11.5 Å². The van der Waals surface area contributed by atoms with Gasteiger partial charge < -0.3 is 14.4 Å². The first-order chi connectivity index (χ1) is 14.2. The van der Waals surface area contributed by atoms with E-state index in [2.05, 4.69) is 40.5 Å². The fraction of sp³-hybridized carbons (Fsp3) is 0.208. The van der Waals surface area contributed by atoms with Gasteiger partial charge in [0.15, 0.2) is 0 Å². The van der Waals surface area contributed by atoms with Gasteiger partial charge in [0.2, 0.25) is 0 Å². The van der Waals surface area contributed by atoms with Crippen molar-refractivity contribution in [2.24, 2.45) is 0 Å². The SMILES string of the molecule is COc1ccc(NC(=O)Oc2ccc3c(c2)N(Cc2ccccc2)CCC3)cc1. The average Bonchev–Trinajstić information content (AvgIpc) is 2.75. The van der Waals surface area contributed by atoms with Gasteiger partial charge in [0.05, 0.1) is 7.11 Å². The second-order valence-corrected chi connectivity index (χ2v) is 7.04. The van der Waals surface area contributed by atoms with Crippen LogP contribution in [0.3, 0.4) is 0 Å². The molecule has 0 spiro atoms. The average molecular weight is 388 g/mol. The third-order valence-corrected chi connectivity index (χ3v) is 5.03. The smallest absolute Gasteiger partial charge is 0.417 e. The van der Waals surface area contributed by atoms with Crippen molar-refractivity contribution in [3.05, 3.63) is 83.9 Å². The number of methoxy groups -OCH3 is 1. The molecule has 0 saturated heterocycles. The summed E-state index contributed by atoms with van der Waals surface area (Å²) >= 11 is 0. The summed E-state index contributed by atoms with van der Waals surface area (Å²) in [6.45, 7) is 1.83. The molecule has 0 aliphatic carbocycles. The van der Waals surface area contributed by atoms with Gasteiger partial charge in [0.1, 0.15) is 11.5 Å². The molecule has 1 aliphatic rings. The number of carbonyl (C=O) groups excluding carboxylic acids is 1. The Morgan fingerprint density at radius 2 is 1.76 bits per heavy atom. The fourth-order valence-electron chi connectivity index (χ4n) is 3.59. The van der Waals surface area contributed by atoms with E-state index in [-0.39, 0.29) is 0 Å². The number of benzene rings is 3. The third kappa shape index (κ3) is 4.69. The summed E-state index contributed by atoms with van der Waals surface area (Å²) < 4.78 is 10.7. The Bertz CT molecular complexity index is 971. The minimum absolute atomic E-state index is 0.513. The molecule has 0 aromatic heterocycles. The quantitative estimate of drug-likeness (QED) is 0.648. The van der Waals surface area contributed by atoms with Crippen LogP contribution in [-0.4, -0.2) is 19.7 Å². The summed E-state index contributed by atoms with van der Waals surface area (Å²) in [6, 6.07) is 23.4. The molecule has 1 heterocycles. The number of hydrogen-bond donors (Lipinski definition) is 1. The van der Waals surface area contributed by atoms with E-state index in [0.717, 1.165) is 37.4 Å². The molecule has 29 heavy (non-hydrogen) atoms. The lowest BCUT2D eigenvalue weighted by Crippen LogP contribution is -2.29. The highest BCUT2D eigenvalue weighted by molar-refractivity contribution is 5.86. The van der Waals surface area contributed by atoms with Gasteiger partial charge in [-0.1, -0.05) is 36.4 Å². The maximum absolute atomic E-state index is 12.3. The van der Waals surface area contributed by atoms with E-state index in [1.165, 1.54) is 11.1 Å². The summed E-state index contributed by atoms with van der Waals surface area (Å²) in [5, 5.41) is 2.74. The van der Waals surface area contributed by atoms with E-state index < -0.39 is 6.09 Å². The molecule has 0 atom stereocenters. The number of amides is 1. The van der Waals surface area contributed by atoms with Gasteiger partial charge in [-0.2, -0.15) is 0 Å². The zero-order valence-electron chi connectivity index (χ0n) is 16.4. The highest BCUT2D eigenvalue weighted by Crippen LogP contribution is 2.32. The number of hydrogen-bond acceptors (Lipinski definition) is 4. The molecule has 0 saturated carbocycles. The van der Waals surface area contributed by atoms with Gasteiger partial charge in [-0.25, -0.2) is 4.79 Å². The van der Waals surface area contributed by atoms with Crippen molar-refractivity contribution in [3.63, 3.8) is 0 Å². The van der Waals surface area contributed by atoms with E-state index in [9.17, 15) is 4.79 Å². The predicted octanol–water partition coefficient (Wildman–Crippen LogP) is 5.26. The summed E-state index contributed by atoms with van der Waals surface area (Å²) in [4.78, 5) is 14.6. The van der Waals surface area contributed by atoms with Crippen molar-refractivity contribution in [1.82, 2.24) is 0 Å². The molecule has 3 aromatic carbocycles. The molecular formula is C24H24N2O3. The fourth-order valence-corrected chi connectivity index (χ4v) is 3.59. The minimum atomic E-state index is -0.513. The molecule has 3 aromatic rings. The van der Waals surface area contributed by atoms with Gasteiger partial charge in [0.25, 0.3) is 0 Å². The first-order valence-electron chi connectivity index (χ1n) is 9.76. The minimum Gasteiger partial charge on any atom is -0.497 e. The molecule has 0 fully saturated rings. The number of nitrogens with zero attached hydrogens (tertiary/aromatic N) is 1. The lowest BCUT2D eigenvalue weighted by Gasteiger charge is -2.31. The van der Waals surface area contributed by atoms with Crippen LogP contribution < -0.4 is 19.7 Å². The number of fused-ring (bicyclic) bond motifs is 1. The largest absolute Gasteiger partial charge is 0.497 e. The number of carbonyl (C=O) groups is 1. The molecule has 5 heteroatoms. The van der Waals surface area contributed by atoms with Crippen LogP contribution in [0, 0.1) is 0 Å². The van der Waals surface area contributed by atoms with Gasteiger partial charge in [-0.05, 0) is 54.3 Å². The van der Waals surface area contributed by atoms with Crippen molar-refractivity contribution in [2.45, 2.75) is 19.4 Å². The molecule has 1 aliphatic heterocycles. The Balaban J connectivity index is 1.46. The Morgan fingerprint density at radius 3 is 2.52 bits per heavy atom. The topological polar surface area (TPSA) is 50.8 Å². The van der Waals surface area contributed by atoms with Gasteiger partial charge in [-0.3, -0.25) is 5.32 Å². The summed E-state index contributed by atoms with van der Waals surface area (Å²) in [6.07, 6.45) is 1.65. The Labute approximate surface area is 170 Å². The third-order valence-electron chi connectivity index (χ3n) is 5.03. The molecule has 1 amide bonds. The van der Waals surface area contributed by atoms with Crippen LogP contribution in [0.15, 0.2) is 72.8 Å². The Morgan fingerprint density at radius 1 is 1.00 bits per heavy atom. The maximum Gasteiger partial charge on any atom is 0.417 e. The van der Waals surface area contributed by atoms with Crippen LogP contribution in [0.25, 0.3) is 0 Å². The number of aryl methyl sites for hydroxylation is 1. The molecule has 148 valence electrons. The summed E-state index contributed by atoms with van der Waals surface area (Å²) in [5.41, 5.74) is 4.34. The van der Waals surface area contributed by atoms with Crippen LogP contribution in [0.2, 0.25) is 0 Å². The lowest BCUT2D eigenvalue weighted by atomic mass is 10.0. The zero-order valence-corrected chi connectivity index (χ0v) is 16.4. The number of nitrogens with one attached hydrogen (secondary N) is 1. The van der Waals surface area contributed by atoms with Crippen molar-refractivity contribution >= 4 is 17.5 Å². The molecule has 1 N–H and O–H groups in total. The van der Waals surface area contributed by atoms with Crippen molar-refractivity contribution in [2.75, 3.05) is 23.9 Å². The summed E-state index contributed by atoms with van der Waals surface area (Å²) in [5.74, 6) is 1.27. The van der Waals surface area contributed by atoms with Gasteiger partial charge >= 0.3 is 6.09 Å². The van der Waals surface area contributed by atoms with E-state index >= 15 is 0 Å². The first kappa shape index (κ1) is 18.9. The number of rotatable bonds is 5. The van der Waals surface area contributed by atoms with E-state index in [1.54, 1.807) is 31.4 Å². The van der Waals surface area contributed by atoms with Crippen LogP contribution in [0.1, 0.15) is 17.5 Å². The van der Waals surface area contributed by atoms with Crippen LogP contribution in [0.5, 0.6) is 11.5 Å². The standard InChI is InChI=1S/C24H24N2O3/c1-28-21-13-10-20(11-14-21)25-24(27)29-22-12-9-19-8-5-15-26(23(19)16-22)17-18-6-3-2-4-7-18/h2-4,6-7,9-14,16H,5,8,15,17H2,1H3,(H,25,27). The van der Waals surface area contributed by atoms with Crippen LogP contribution >= 0.6 is 0 Å². The first-order valence-corrected chi connectivity index (χ1v) is 9.76. The zero-order chi connectivity index (χ0) is 20.1. The molecule has 0 unspecified atom stereocenters. The van der Waals surface area contributed by atoms with Gasteiger partial charge in [0, 0.05) is 30.5 Å². The highest BCUT2D eigenvalue weighted by atomic mass is 16.6. The molecule has 0 radical (unpaired) electrons. The Kier molecular flexibility index (Phi) is 5.66. The molecule has 5 nitrogen and oxygen atoms in total. The molecule has 4 rings (SSSR count). The second kappa shape index (κ2) is 8.69. The van der Waals surface area contributed by atoms with Gasteiger partial charge in [-0.15, -0.1) is 0 Å². The van der Waals surface area contributed by atoms with E-state index in [4.69, 9.17) is 9.47 Å². The predicted molar refractivity (Wildman–Crippen MR) is 115 cm³/mol. The van der Waals surface area contributed by atoms with E-state index in [0.29, 0.717) is 11.4 Å². The normalized spacial score (nSPS) is 12.8. The lowest BCUT2D eigenvalue weighted by molar-refractivity contribution is 0.215. The van der Waals surface area contributed by atoms with E-state index in [1.807, 2.05) is 18.2 Å². The highest BCUT2D eigenvalue weighted by Gasteiger charge is 2.18. The van der Waals surface area contributed by atoms with Crippen molar-refractivity contribution in [1.29, 1.82) is 0 Å². The van der Waals surface area contributed by atoms with Crippen LogP contribution in [0.4, 0.5) is 16.2 Å². The maximum atomic E-state index is 12.3. The molecular weight excluding hydrogens is 364 g/mol. The second-order valence-electron chi connectivity index (χ2n) is 7.04. The van der Waals surface area contributed by atoms with Crippen molar-refractivity contribution < 1.29 is 14.3 Å². The van der Waals surface area contributed by atoms with Crippen LogP contribution in [-0.2, 0) is 13.0 Å². The molecule has 0 bridgehead atoms. The monoisotopic (exact) mass is 388 g/mol. The number of ether oxygens (including phenoxy) is 2. The Hall–Kier alpha value is -3.47. The number of anilines is 2. The summed E-state index contributed by atoms with van der Waals surface area (Å²) in [7, 11) is 1.61.